The second-order valence-electron chi connectivity index (χ2n) is 7.67. The number of carbonyl (C=O) groups is 2. The number of ether oxygens (including phenoxy) is 1. The van der Waals surface area contributed by atoms with Gasteiger partial charge in [-0.3, -0.25) is 14.5 Å². The minimum Gasteiger partial charge on any atom is -0.497 e. The first-order valence-electron chi connectivity index (χ1n) is 10.5. The van der Waals surface area contributed by atoms with Crippen LogP contribution in [-0.4, -0.2) is 74.5 Å². The topological polar surface area (TPSA) is 73.9 Å². The van der Waals surface area contributed by atoms with Crippen molar-refractivity contribution in [3.63, 3.8) is 0 Å². The zero-order valence-corrected chi connectivity index (χ0v) is 18.1. The molecule has 1 fully saturated rings. The Morgan fingerprint density at radius 3 is 2.28 bits per heavy atom. The number of carbonyl (C=O) groups excluding carboxylic acids is 2. The van der Waals surface area contributed by atoms with E-state index < -0.39 is 17.5 Å². The van der Waals surface area contributed by atoms with E-state index in [0.717, 1.165) is 57.0 Å². The predicted molar refractivity (Wildman–Crippen MR) is 118 cm³/mol. The molecule has 3 rings (SSSR count). The first kappa shape index (κ1) is 23.6. The summed E-state index contributed by atoms with van der Waals surface area (Å²) >= 11 is 0. The van der Waals surface area contributed by atoms with E-state index in [4.69, 9.17) is 4.74 Å². The second kappa shape index (κ2) is 11.5. The van der Waals surface area contributed by atoms with Crippen LogP contribution in [0, 0.1) is 11.6 Å². The number of nitrogens with one attached hydrogen (secondary N) is 2. The van der Waals surface area contributed by atoms with Gasteiger partial charge in [0, 0.05) is 44.5 Å². The van der Waals surface area contributed by atoms with Crippen molar-refractivity contribution in [3.05, 3.63) is 59.7 Å². The molecule has 7 nitrogen and oxygen atoms in total. The van der Waals surface area contributed by atoms with Gasteiger partial charge < -0.3 is 20.3 Å². The highest BCUT2D eigenvalue weighted by atomic mass is 19.2. The van der Waals surface area contributed by atoms with Crippen LogP contribution in [0.2, 0.25) is 0 Å². The van der Waals surface area contributed by atoms with Gasteiger partial charge in [0.15, 0.2) is 11.6 Å². The van der Waals surface area contributed by atoms with Crippen LogP contribution in [0.25, 0.3) is 0 Å². The Balaban J connectivity index is 1.31. The number of amides is 2. The highest BCUT2D eigenvalue weighted by Crippen LogP contribution is 2.13. The lowest BCUT2D eigenvalue weighted by Gasteiger charge is -2.34. The van der Waals surface area contributed by atoms with Crippen molar-refractivity contribution in [1.82, 2.24) is 15.1 Å². The summed E-state index contributed by atoms with van der Waals surface area (Å²) in [4.78, 5) is 28.5. The van der Waals surface area contributed by atoms with Crippen molar-refractivity contribution in [2.45, 2.75) is 6.42 Å². The number of nitrogens with zero attached hydrogens (tertiary/aromatic N) is 2. The largest absolute Gasteiger partial charge is 0.497 e. The standard InChI is InChI=1S/C23H28F2N4O3/c1-32-19-5-2-17(3-6-19)8-9-28-10-12-29(13-11-28)16-23(31)26-15-22(30)27-18-4-7-20(24)21(25)14-18/h2-7,14H,8-13,15-16H2,1H3,(H,26,31)(H,27,30). The molecule has 0 atom stereocenters. The summed E-state index contributed by atoms with van der Waals surface area (Å²) in [5.74, 6) is -1.94. The first-order chi connectivity index (χ1) is 15.4. The Hall–Kier alpha value is -3.04. The minimum atomic E-state index is -1.05. The third-order valence-corrected chi connectivity index (χ3v) is 5.36. The highest BCUT2D eigenvalue weighted by Gasteiger charge is 2.19. The summed E-state index contributed by atoms with van der Waals surface area (Å²) in [6.45, 7) is 4.23. The SMILES string of the molecule is COc1ccc(CCN2CCN(CC(=O)NCC(=O)Nc3ccc(F)c(F)c3)CC2)cc1. The fraction of sp³-hybridized carbons (Fsp3) is 0.391. The summed E-state index contributed by atoms with van der Waals surface area (Å²) in [7, 11) is 1.65. The molecule has 0 aromatic heterocycles. The maximum Gasteiger partial charge on any atom is 0.243 e. The van der Waals surface area contributed by atoms with Gasteiger partial charge in [-0.1, -0.05) is 12.1 Å². The second-order valence-corrected chi connectivity index (χ2v) is 7.67. The quantitative estimate of drug-likeness (QED) is 0.616. The number of hydrogen-bond donors (Lipinski definition) is 2. The van der Waals surface area contributed by atoms with Gasteiger partial charge >= 0.3 is 0 Å². The van der Waals surface area contributed by atoms with E-state index in [0.29, 0.717) is 0 Å². The average molecular weight is 446 g/mol. The lowest BCUT2D eigenvalue weighted by atomic mass is 10.1. The van der Waals surface area contributed by atoms with Crippen LogP contribution in [0.5, 0.6) is 5.75 Å². The van der Waals surface area contributed by atoms with Gasteiger partial charge in [0.05, 0.1) is 20.2 Å². The lowest BCUT2D eigenvalue weighted by molar-refractivity contribution is -0.125. The molecule has 0 aliphatic carbocycles. The van der Waals surface area contributed by atoms with Gasteiger partial charge in [0.2, 0.25) is 11.8 Å². The number of methoxy groups -OCH3 is 1. The molecular weight excluding hydrogens is 418 g/mol. The molecule has 0 bridgehead atoms. The molecule has 1 aliphatic heterocycles. The average Bonchev–Trinajstić information content (AvgIpc) is 2.80. The maximum atomic E-state index is 13.2. The molecule has 0 radical (unpaired) electrons. The number of benzene rings is 2. The molecule has 1 saturated heterocycles. The van der Waals surface area contributed by atoms with Crippen LogP contribution >= 0.6 is 0 Å². The van der Waals surface area contributed by atoms with Crippen molar-refractivity contribution in [2.75, 3.05) is 58.2 Å². The van der Waals surface area contributed by atoms with Crippen LogP contribution in [0.1, 0.15) is 5.56 Å². The first-order valence-corrected chi connectivity index (χ1v) is 10.5. The highest BCUT2D eigenvalue weighted by molar-refractivity contribution is 5.94. The molecule has 2 aromatic rings. The zero-order chi connectivity index (χ0) is 22.9. The van der Waals surface area contributed by atoms with Crippen LogP contribution in [0.3, 0.4) is 0 Å². The molecular formula is C23H28F2N4O3. The van der Waals surface area contributed by atoms with Crippen LogP contribution in [0.4, 0.5) is 14.5 Å². The van der Waals surface area contributed by atoms with E-state index in [1.165, 1.54) is 11.6 Å². The van der Waals surface area contributed by atoms with Crippen molar-refractivity contribution in [1.29, 1.82) is 0 Å². The fourth-order valence-corrected chi connectivity index (χ4v) is 3.47. The van der Waals surface area contributed by atoms with E-state index in [9.17, 15) is 18.4 Å². The molecule has 1 aliphatic rings. The molecule has 0 unspecified atom stereocenters. The Labute approximate surface area is 186 Å². The summed E-state index contributed by atoms with van der Waals surface area (Å²) in [6, 6.07) is 11.1. The predicted octanol–water partition coefficient (Wildman–Crippen LogP) is 1.89. The molecule has 9 heteroatoms. The number of rotatable bonds is 9. The summed E-state index contributed by atoms with van der Waals surface area (Å²) in [5.41, 5.74) is 1.39. The normalized spacial score (nSPS) is 14.7. The Morgan fingerprint density at radius 1 is 0.938 bits per heavy atom. The zero-order valence-electron chi connectivity index (χ0n) is 18.1. The fourth-order valence-electron chi connectivity index (χ4n) is 3.47. The smallest absolute Gasteiger partial charge is 0.243 e. The molecule has 2 aromatic carbocycles. The Morgan fingerprint density at radius 2 is 1.62 bits per heavy atom. The van der Waals surface area contributed by atoms with Gasteiger partial charge in [0.1, 0.15) is 5.75 Å². The van der Waals surface area contributed by atoms with Crippen molar-refractivity contribution in [3.8, 4) is 5.75 Å². The molecule has 2 amide bonds. The van der Waals surface area contributed by atoms with Gasteiger partial charge in [-0.15, -0.1) is 0 Å². The van der Waals surface area contributed by atoms with E-state index in [-0.39, 0.29) is 24.7 Å². The Kier molecular flexibility index (Phi) is 8.52. The molecule has 2 N–H and O–H groups in total. The lowest BCUT2D eigenvalue weighted by Crippen LogP contribution is -2.50. The van der Waals surface area contributed by atoms with Crippen LogP contribution < -0.4 is 15.4 Å². The van der Waals surface area contributed by atoms with Gasteiger partial charge in [-0.2, -0.15) is 0 Å². The van der Waals surface area contributed by atoms with Crippen LogP contribution in [0.15, 0.2) is 42.5 Å². The van der Waals surface area contributed by atoms with Gasteiger partial charge in [-0.05, 0) is 36.2 Å². The molecule has 1 heterocycles. The van der Waals surface area contributed by atoms with E-state index in [2.05, 4.69) is 27.7 Å². The number of hydrogen-bond acceptors (Lipinski definition) is 5. The van der Waals surface area contributed by atoms with E-state index >= 15 is 0 Å². The van der Waals surface area contributed by atoms with Crippen LogP contribution in [-0.2, 0) is 16.0 Å². The third kappa shape index (κ3) is 7.28. The number of piperazine rings is 1. The van der Waals surface area contributed by atoms with Crippen molar-refractivity contribution in [2.24, 2.45) is 0 Å². The summed E-state index contributed by atoms with van der Waals surface area (Å²) in [5, 5.41) is 4.98. The van der Waals surface area contributed by atoms with Crippen molar-refractivity contribution < 1.29 is 23.1 Å². The molecule has 32 heavy (non-hydrogen) atoms. The maximum absolute atomic E-state index is 13.2. The number of halogens is 2. The third-order valence-electron chi connectivity index (χ3n) is 5.36. The summed E-state index contributed by atoms with van der Waals surface area (Å²) < 4.78 is 31.3. The van der Waals surface area contributed by atoms with Gasteiger partial charge in [-0.25, -0.2) is 8.78 Å². The molecule has 172 valence electrons. The number of anilines is 1. The van der Waals surface area contributed by atoms with E-state index in [1.54, 1.807) is 7.11 Å². The molecule has 0 spiro atoms. The van der Waals surface area contributed by atoms with E-state index in [1.807, 2.05) is 17.0 Å². The molecule has 0 saturated carbocycles. The monoisotopic (exact) mass is 446 g/mol. The van der Waals surface area contributed by atoms with Gasteiger partial charge in [0.25, 0.3) is 0 Å². The minimum absolute atomic E-state index is 0.133. The Bertz CT molecular complexity index is 916. The van der Waals surface area contributed by atoms with Crippen molar-refractivity contribution >= 4 is 17.5 Å². The summed E-state index contributed by atoms with van der Waals surface area (Å²) in [6.07, 6.45) is 0.956.